The van der Waals surface area contributed by atoms with E-state index in [1.54, 1.807) is 0 Å². The molecular formula is C7H13N3O. The summed E-state index contributed by atoms with van der Waals surface area (Å²) in [5.74, 6) is 0.702. The summed E-state index contributed by atoms with van der Waals surface area (Å²) >= 11 is 0. The lowest BCUT2D eigenvalue weighted by Gasteiger charge is -1.97. The number of nitrogens with one attached hydrogen (secondary N) is 1. The second-order valence-electron chi connectivity index (χ2n) is 2.34. The Morgan fingerprint density at radius 1 is 1.55 bits per heavy atom. The van der Waals surface area contributed by atoms with Gasteiger partial charge in [-0.3, -0.25) is 0 Å². The Kier molecular flexibility index (Phi) is 3.61. The molecular weight excluding hydrogens is 142 g/mol. The summed E-state index contributed by atoms with van der Waals surface area (Å²) in [6.45, 7) is 4.10. The Labute approximate surface area is 66.0 Å². The van der Waals surface area contributed by atoms with Gasteiger partial charge in [-0.05, 0) is 13.0 Å². The molecule has 0 atom stereocenters. The van der Waals surface area contributed by atoms with Crippen LogP contribution in [0.25, 0.3) is 0 Å². The second-order valence-corrected chi connectivity index (χ2v) is 2.34. The molecule has 1 aromatic heterocycles. The minimum Gasteiger partial charge on any atom is -0.340 e. The lowest BCUT2D eigenvalue weighted by molar-refractivity contribution is 0.375. The van der Waals surface area contributed by atoms with Gasteiger partial charge in [-0.15, -0.1) is 0 Å². The molecule has 11 heavy (non-hydrogen) atoms. The number of nitrogens with zero attached hydrogens (tertiary/aromatic N) is 2. The molecule has 4 heteroatoms. The topological polar surface area (TPSA) is 51.0 Å². The minimum atomic E-state index is 0.702. The third kappa shape index (κ3) is 3.13. The fraction of sp³-hybridized carbons (Fsp3) is 0.714. The van der Waals surface area contributed by atoms with Crippen LogP contribution >= 0.6 is 0 Å². The highest BCUT2D eigenvalue weighted by molar-refractivity contribution is 4.74. The number of hydrogen-bond acceptors (Lipinski definition) is 4. The van der Waals surface area contributed by atoms with Crippen molar-refractivity contribution in [3.63, 3.8) is 0 Å². The van der Waals surface area contributed by atoms with Crippen LogP contribution in [0.3, 0.4) is 0 Å². The first-order valence-electron chi connectivity index (χ1n) is 3.89. The average molecular weight is 155 g/mol. The van der Waals surface area contributed by atoms with Crippen molar-refractivity contribution in [3.8, 4) is 0 Å². The van der Waals surface area contributed by atoms with Crippen molar-refractivity contribution < 1.29 is 4.52 Å². The Bertz CT molecular complexity index is 174. The molecule has 0 aromatic carbocycles. The molecule has 0 bridgehead atoms. The van der Waals surface area contributed by atoms with Gasteiger partial charge in [0.1, 0.15) is 0 Å². The Balaban J connectivity index is 2.04. The summed E-state index contributed by atoms with van der Waals surface area (Å²) in [5, 5.41) is 6.75. The molecule has 1 rings (SSSR count). The third-order valence-corrected chi connectivity index (χ3v) is 1.35. The monoisotopic (exact) mass is 155 g/mol. The maximum atomic E-state index is 4.81. The number of hydrogen-bond donors (Lipinski definition) is 1. The summed E-state index contributed by atoms with van der Waals surface area (Å²) in [7, 11) is 0. The molecule has 62 valence electrons. The van der Waals surface area contributed by atoms with E-state index < -0.39 is 0 Å². The molecule has 0 aliphatic heterocycles. The van der Waals surface area contributed by atoms with Gasteiger partial charge in [0.05, 0.1) is 0 Å². The van der Waals surface area contributed by atoms with E-state index in [-0.39, 0.29) is 0 Å². The average Bonchev–Trinajstić information content (AvgIpc) is 2.50. The fourth-order valence-corrected chi connectivity index (χ4v) is 0.803. The summed E-state index contributed by atoms with van der Waals surface area (Å²) in [6, 6.07) is 0. The zero-order valence-electron chi connectivity index (χ0n) is 6.71. The SMILES string of the molecule is CCCNCCc1ncno1. The van der Waals surface area contributed by atoms with E-state index in [1.165, 1.54) is 6.33 Å². The lowest BCUT2D eigenvalue weighted by atomic mass is 10.4. The van der Waals surface area contributed by atoms with E-state index in [9.17, 15) is 0 Å². The number of aromatic nitrogens is 2. The molecule has 1 N–H and O–H groups in total. The molecule has 0 spiro atoms. The van der Waals surface area contributed by atoms with Crippen molar-refractivity contribution in [2.24, 2.45) is 0 Å². The fourth-order valence-electron chi connectivity index (χ4n) is 0.803. The van der Waals surface area contributed by atoms with Gasteiger partial charge in [-0.1, -0.05) is 12.1 Å². The van der Waals surface area contributed by atoms with Gasteiger partial charge in [0, 0.05) is 13.0 Å². The first kappa shape index (κ1) is 8.20. The quantitative estimate of drug-likeness (QED) is 0.633. The standard InChI is InChI=1S/C7H13N3O/c1-2-4-8-5-3-7-9-6-10-11-7/h6,8H,2-5H2,1H3. The largest absolute Gasteiger partial charge is 0.340 e. The van der Waals surface area contributed by atoms with Crippen molar-refractivity contribution in [2.75, 3.05) is 13.1 Å². The molecule has 0 radical (unpaired) electrons. The molecule has 0 aliphatic carbocycles. The summed E-state index contributed by atoms with van der Waals surface area (Å²) in [4.78, 5) is 3.90. The van der Waals surface area contributed by atoms with Crippen molar-refractivity contribution in [2.45, 2.75) is 19.8 Å². The van der Waals surface area contributed by atoms with Gasteiger partial charge in [-0.2, -0.15) is 4.98 Å². The van der Waals surface area contributed by atoms with Crippen molar-refractivity contribution >= 4 is 0 Å². The van der Waals surface area contributed by atoms with Gasteiger partial charge < -0.3 is 9.84 Å². The maximum Gasteiger partial charge on any atom is 0.227 e. The van der Waals surface area contributed by atoms with Gasteiger partial charge >= 0.3 is 0 Å². The van der Waals surface area contributed by atoms with Gasteiger partial charge in [0.25, 0.3) is 0 Å². The van der Waals surface area contributed by atoms with Gasteiger partial charge in [0.2, 0.25) is 5.89 Å². The zero-order valence-corrected chi connectivity index (χ0v) is 6.71. The van der Waals surface area contributed by atoms with Gasteiger partial charge in [0.15, 0.2) is 6.33 Å². The van der Waals surface area contributed by atoms with E-state index >= 15 is 0 Å². The van der Waals surface area contributed by atoms with E-state index in [2.05, 4.69) is 22.4 Å². The second kappa shape index (κ2) is 4.85. The number of rotatable bonds is 5. The van der Waals surface area contributed by atoms with Crippen molar-refractivity contribution in [1.29, 1.82) is 0 Å². The van der Waals surface area contributed by atoms with E-state index in [1.807, 2.05) is 0 Å². The van der Waals surface area contributed by atoms with Crippen LogP contribution in [-0.4, -0.2) is 23.2 Å². The van der Waals surface area contributed by atoms with E-state index in [4.69, 9.17) is 4.52 Å². The molecule has 0 aliphatic rings. The summed E-state index contributed by atoms with van der Waals surface area (Å²) in [6.07, 6.45) is 3.40. The van der Waals surface area contributed by atoms with Crippen molar-refractivity contribution in [1.82, 2.24) is 15.5 Å². The van der Waals surface area contributed by atoms with Crippen LogP contribution in [0.15, 0.2) is 10.9 Å². The van der Waals surface area contributed by atoms with Crippen LogP contribution in [0.5, 0.6) is 0 Å². The molecule has 4 nitrogen and oxygen atoms in total. The minimum absolute atomic E-state index is 0.702. The molecule has 0 saturated carbocycles. The summed E-state index contributed by atoms with van der Waals surface area (Å²) < 4.78 is 4.81. The molecule has 0 fully saturated rings. The third-order valence-electron chi connectivity index (χ3n) is 1.35. The highest BCUT2D eigenvalue weighted by Gasteiger charge is 1.96. The Morgan fingerprint density at radius 2 is 2.45 bits per heavy atom. The maximum absolute atomic E-state index is 4.81. The van der Waals surface area contributed by atoms with E-state index in [0.29, 0.717) is 5.89 Å². The molecule has 1 aromatic rings. The molecule has 0 amide bonds. The van der Waals surface area contributed by atoms with E-state index in [0.717, 1.165) is 25.9 Å². The first-order valence-corrected chi connectivity index (χ1v) is 3.89. The first-order chi connectivity index (χ1) is 5.43. The Morgan fingerprint density at radius 3 is 3.09 bits per heavy atom. The molecule has 0 unspecified atom stereocenters. The highest BCUT2D eigenvalue weighted by atomic mass is 16.5. The smallest absolute Gasteiger partial charge is 0.227 e. The van der Waals surface area contributed by atoms with Crippen LogP contribution < -0.4 is 5.32 Å². The van der Waals surface area contributed by atoms with Gasteiger partial charge in [-0.25, -0.2) is 0 Å². The lowest BCUT2D eigenvalue weighted by Crippen LogP contribution is -2.17. The predicted molar refractivity (Wildman–Crippen MR) is 41.2 cm³/mol. The predicted octanol–water partition coefficient (Wildman–Crippen LogP) is 0.612. The van der Waals surface area contributed by atoms with Crippen LogP contribution in [0, 0.1) is 0 Å². The summed E-state index contributed by atoms with van der Waals surface area (Å²) in [5.41, 5.74) is 0. The normalized spacial score (nSPS) is 10.3. The van der Waals surface area contributed by atoms with Crippen molar-refractivity contribution in [3.05, 3.63) is 12.2 Å². The molecule has 1 heterocycles. The van der Waals surface area contributed by atoms with Crippen LogP contribution in [0.4, 0.5) is 0 Å². The Hall–Kier alpha value is -0.900. The molecule has 0 saturated heterocycles. The zero-order chi connectivity index (χ0) is 7.94. The van der Waals surface area contributed by atoms with Crippen LogP contribution in [0.2, 0.25) is 0 Å². The van der Waals surface area contributed by atoms with Crippen LogP contribution in [0.1, 0.15) is 19.2 Å². The van der Waals surface area contributed by atoms with Crippen LogP contribution in [-0.2, 0) is 6.42 Å². The highest BCUT2D eigenvalue weighted by Crippen LogP contribution is 1.89.